The van der Waals surface area contributed by atoms with E-state index in [1.165, 1.54) is 0 Å². The molecule has 0 aromatic heterocycles. The Morgan fingerprint density at radius 2 is 1.71 bits per heavy atom. The summed E-state index contributed by atoms with van der Waals surface area (Å²) in [4.78, 5) is 30.0. The van der Waals surface area contributed by atoms with Crippen molar-refractivity contribution in [2.24, 2.45) is 11.8 Å². The first-order valence-corrected chi connectivity index (χ1v) is 12.4. The molecule has 0 bridgehead atoms. The molecule has 0 unspecified atom stereocenters. The molecule has 2 aliphatic heterocycles. The normalized spacial score (nSPS) is 20.1. The van der Waals surface area contributed by atoms with Crippen LogP contribution in [0.25, 0.3) is 0 Å². The maximum atomic E-state index is 13.1. The van der Waals surface area contributed by atoms with Crippen LogP contribution < -0.4 is 14.2 Å². The molecular formula is C28H36N2O5. The van der Waals surface area contributed by atoms with Crippen molar-refractivity contribution < 1.29 is 23.8 Å². The highest BCUT2D eigenvalue weighted by atomic mass is 16.5. The fourth-order valence-electron chi connectivity index (χ4n) is 5.38. The first kappa shape index (κ1) is 24.9. The summed E-state index contributed by atoms with van der Waals surface area (Å²) in [6.07, 6.45) is 3.50. The molecule has 2 atom stereocenters. The average molecular weight is 481 g/mol. The van der Waals surface area contributed by atoms with Crippen molar-refractivity contribution >= 4 is 11.8 Å². The minimum absolute atomic E-state index is 0.158. The average Bonchev–Trinajstić information content (AvgIpc) is 3.04. The van der Waals surface area contributed by atoms with E-state index in [1.54, 1.807) is 21.3 Å². The van der Waals surface area contributed by atoms with Crippen molar-refractivity contribution in [3.63, 3.8) is 0 Å². The molecule has 0 spiro atoms. The second kappa shape index (κ2) is 11.5. The molecule has 2 aromatic rings. The van der Waals surface area contributed by atoms with Gasteiger partial charge in [-0.2, -0.15) is 0 Å². The van der Waals surface area contributed by atoms with Gasteiger partial charge in [-0.25, -0.2) is 0 Å². The lowest BCUT2D eigenvalue weighted by atomic mass is 9.82. The molecule has 0 radical (unpaired) electrons. The number of para-hydroxylation sites is 1. The number of fused-ring (bicyclic) bond motifs is 1. The van der Waals surface area contributed by atoms with Crippen LogP contribution in [0.1, 0.15) is 30.4 Å². The van der Waals surface area contributed by atoms with E-state index in [0.717, 1.165) is 55.1 Å². The van der Waals surface area contributed by atoms with Crippen molar-refractivity contribution in [2.45, 2.75) is 32.1 Å². The van der Waals surface area contributed by atoms with Gasteiger partial charge in [0.05, 0.1) is 27.8 Å². The maximum Gasteiger partial charge on any atom is 0.226 e. The number of nitrogens with zero attached hydrogens (tertiary/aromatic N) is 2. The fraction of sp³-hybridized carbons (Fsp3) is 0.500. The molecule has 7 nitrogen and oxygen atoms in total. The van der Waals surface area contributed by atoms with Crippen LogP contribution in [0.3, 0.4) is 0 Å². The number of ether oxygens (including phenoxy) is 3. The number of piperidine rings is 1. The molecule has 2 amide bonds. The topological polar surface area (TPSA) is 68.3 Å². The summed E-state index contributed by atoms with van der Waals surface area (Å²) < 4.78 is 16.2. The minimum atomic E-state index is 0.158. The fourth-order valence-corrected chi connectivity index (χ4v) is 5.38. The van der Waals surface area contributed by atoms with Gasteiger partial charge in [-0.15, -0.1) is 0 Å². The summed E-state index contributed by atoms with van der Waals surface area (Å²) in [7, 11) is 4.91. The molecule has 188 valence electrons. The molecule has 2 saturated heterocycles. The van der Waals surface area contributed by atoms with Gasteiger partial charge in [0.1, 0.15) is 5.75 Å². The Labute approximate surface area is 207 Å². The van der Waals surface area contributed by atoms with E-state index < -0.39 is 0 Å². The Hall–Kier alpha value is -3.22. The number of carbonyl (C=O) groups excluding carboxylic acids is 2. The Bertz CT molecular complexity index is 1020. The largest absolute Gasteiger partial charge is 0.497 e. The second-order valence-electron chi connectivity index (χ2n) is 9.45. The van der Waals surface area contributed by atoms with Crippen LogP contribution in [0.2, 0.25) is 0 Å². The molecule has 4 rings (SSSR count). The summed E-state index contributed by atoms with van der Waals surface area (Å²) in [5.41, 5.74) is 2.03. The lowest BCUT2D eigenvalue weighted by molar-refractivity contribution is -0.133. The number of rotatable bonds is 8. The van der Waals surface area contributed by atoms with Crippen LogP contribution in [-0.4, -0.2) is 69.1 Å². The molecule has 2 heterocycles. The number of hydrogen-bond donors (Lipinski definition) is 0. The zero-order chi connectivity index (χ0) is 24.8. The number of carbonyl (C=O) groups is 2. The van der Waals surface area contributed by atoms with Gasteiger partial charge in [-0.3, -0.25) is 9.59 Å². The molecule has 35 heavy (non-hydrogen) atoms. The molecule has 0 saturated carbocycles. The Kier molecular flexibility index (Phi) is 8.16. The van der Waals surface area contributed by atoms with E-state index in [1.807, 2.05) is 52.3 Å². The number of hydrogen-bond acceptors (Lipinski definition) is 5. The van der Waals surface area contributed by atoms with Gasteiger partial charge in [0.2, 0.25) is 11.8 Å². The van der Waals surface area contributed by atoms with Crippen LogP contribution in [0.4, 0.5) is 0 Å². The van der Waals surface area contributed by atoms with Gasteiger partial charge in [0.25, 0.3) is 0 Å². The molecule has 7 heteroatoms. The van der Waals surface area contributed by atoms with Crippen LogP contribution in [-0.2, 0) is 22.4 Å². The number of benzene rings is 2. The van der Waals surface area contributed by atoms with E-state index in [2.05, 4.69) is 0 Å². The Morgan fingerprint density at radius 1 is 0.943 bits per heavy atom. The van der Waals surface area contributed by atoms with Gasteiger partial charge in [-0.1, -0.05) is 24.3 Å². The van der Waals surface area contributed by atoms with Crippen molar-refractivity contribution in [3.05, 3.63) is 53.6 Å². The van der Waals surface area contributed by atoms with Gasteiger partial charge in [-0.05, 0) is 60.4 Å². The summed E-state index contributed by atoms with van der Waals surface area (Å²) in [6, 6.07) is 13.5. The standard InChI is InChI=1S/C28H36N2O5/c1-33-24-9-7-20(8-10-24)17-26(31)30-16-12-22-18-27(32)29(15-13-23(22)19-30)14-11-21-5-4-6-25(34-2)28(21)35-3/h4-10,22-23H,11-19H2,1-3H3/t22-,23-/m0/s1. The Morgan fingerprint density at radius 3 is 2.43 bits per heavy atom. The third kappa shape index (κ3) is 5.89. The predicted molar refractivity (Wildman–Crippen MR) is 134 cm³/mol. The highest BCUT2D eigenvalue weighted by Gasteiger charge is 2.36. The first-order chi connectivity index (χ1) is 17.0. The first-order valence-electron chi connectivity index (χ1n) is 12.4. The summed E-state index contributed by atoms with van der Waals surface area (Å²) in [5, 5.41) is 0. The second-order valence-corrected chi connectivity index (χ2v) is 9.45. The highest BCUT2D eigenvalue weighted by Crippen LogP contribution is 2.34. The number of methoxy groups -OCH3 is 3. The molecular weight excluding hydrogens is 444 g/mol. The molecule has 2 fully saturated rings. The lowest BCUT2D eigenvalue weighted by Crippen LogP contribution is -2.44. The van der Waals surface area contributed by atoms with Gasteiger partial charge in [0, 0.05) is 32.6 Å². The molecule has 0 aliphatic carbocycles. The Balaban J connectivity index is 1.33. The van der Waals surface area contributed by atoms with Crippen LogP contribution in [0.5, 0.6) is 17.2 Å². The van der Waals surface area contributed by atoms with Crippen molar-refractivity contribution in [1.29, 1.82) is 0 Å². The summed E-state index contributed by atoms with van der Waals surface area (Å²) >= 11 is 0. The van der Waals surface area contributed by atoms with Crippen molar-refractivity contribution in [2.75, 3.05) is 47.5 Å². The van der Waals surface area contributed by atoms with Crippen molar-refractivity contribution in [1.82, 2.24) is 9.80 Å². The third-order valence-electron chi connectivity index (χ3n) is 7.45. The maximum absolute atomic E-state index is 13.1. The lowest BCUT2D eigenvalue weighted by Gasteiger charge is -2.37. The third-order valence-corrected chi connectivity index (χ3v) is 7.45. The smallest absolute Gasteiger partial charge is 0.226 e. The number of likely N-dealkylation sites (tertiary alicyclic amines) is 2. The zero-order valence-electron chi connectivity index (χ0n) is 21.0. The summed E-state index contributed by atoms with van der Waals surface area (Å²) in [6.45, 7) is 2.85. The van der Waals surface area contributed by atoms with E-state index in [-0.39, 0.29) is 11.8 Å². The van der Waals surface area contributed by atoms with Crippen molar-refractivity contribution in [3.8, 4) is 17.2 Å². The SMILES string of the molecule is COc1ccc(CC(=O)N2CC[C@H]3CC(=O)N(CCc4cccc(OC)c4OC)CC[C@H]3C2)cc1. The monoisotopic (exact) mass is 480 g/mol. The zero-order valence-corrected chi connectivity index (χ0v) is 21.0. The number of amides is 2. The van der Waals surface area contributed by atoms with Crippen LogP contribution >= 0.6 is 0 Å². The summed E-state index contributed by atoms with van der Waals surface area (Å²) in [5.74, 6) is 3.32. The van der Waals surface area contributed by atoms with E-state index in [9.17, 15) is 9.59 Å². The quantitative estimate of drug-likeness (QED) is 0.578. The van der Waals surface area contributed by atoms with Gasteiger partial charge in [0.15, 0.2) is 11.5 Å². The van der Waals surface area contributed by atoms with Crippen LogP contribution in [0.15, 0.2) is 42.5 Å². The highest BCUT2D eigenvalue weighted by molar-refractivity contribution is 5.79. The van der Waals surface area contributed by atoms with E-state index >= 15 is 0 Å². The minimum Gasteiger partial charge on any atom is -0.497 e. The van der Waals surface area contributed by atoms with Gasteiger partial charge < -0.3 is 24.0 Å². The van der Waals surface area contributed by atoms with Gasteiger partial charge >= 0.3 is 0 Å². The molecule has 0 N–H and O–H groups in total. The van der Waals surface area contributed by atoms with E-state index in [4.69, 9.17) is 14.2 Å². The predicted octanol–water partition coefficient (Wildman–Crippen LogP) is 3.58. The molecule has 2 aliphatic rings. The van der Waals surface area contributed by atoms with Crippen LogP contribution in [0, 0.1) is 11.8 Å². The van der Waals surface area contributed by atoms with E-state index in [0.29, 0.717) is 43.4 Å². The molecule has 2 aromatic carbocycles.